The summed E-state index contributed by atoms with van der Waals surface area (Å²) in [6, 6.07) is 0. The molecule has 0 aromatic heterocycles. The van der Waals surface area contributed by atoms with E-state index < -0.39 is 0 Å². The van der Waals surface area contributed by atoms with Crippen molar-refractivity contribution in [1.29, 1.82) is 0 Å². The van der Waals surface area contributed by atoms with E-state index in [1.807, 2.05) is 0 Å². The van der Waals surface area contributed by atoms with Crippen LogP contribution in [0.25, 0.3) is 0 Å². The number of methoxy groups -OCH3 is 1. The van der Waals surface area contributed by atoms with Gasteiger partial charge in [0.05, 0.1) is 13.2 Å². The zero-order valence-corrected chi connectivity index (χ0v) is 14.9. The van der Waals surface area contributed by atoms with Crippen LogP contribution >= 0.6 is 15.9 Å². The summed E-state index contributed by atoms with van der Waals surface area (Å²) in [5.41, 5.74) is 0. The van der Waals surface area contributed by atoms with E-state index in [0.717, 1.165) is 25.7 Å². The molecule has 122 valence electrons. The maximum Gasteiger partial charge on any atom is 0.305 e. The third-order valence-corrected chi connectivity index (χ3v) is 3.41. The summed E-state index contributed by atoms with van der Waals surface area (Å²) in [5.74, 6) is 17.4. The standard InChI is InChI=1S/C19H21BrO3/c1-22-19(21)15-11-7-4-6-10-14-18-17(23-18)13-9-5-2-3-8-12-16-20/h12,16-18H,2,5,7,9,11,13,15H2,1H3/b16-12+/t17-,18-/m0/s1. The van der Waals surface area contributed by atoms with Crippen LogP contribution in [0.2, 0.25) is 0 Å². The minimum absolute atomic E-state index is 0.0433. The Morgan fingerprint density at radius 2 is 2.04 bits per heavy atom. The fourth-order valence-corrected chi connectivity index (χ4v) is 1.98. The zero-order chi connectivity index (χ0) is 16.8. The molecular formula is C19H21BrO3. The average molecular weight is 377 g/mol. The highest BCUT2D eigenvalue weighted by molar-refractivity contribution is 9.11. The van der Waals surface area contributed by atoms with Gasteiger partial charge >= 0.3 is 5.97 Å². The third kappa shape index (κ3) is 10.6. The summed E-state index contributed by atoms with van der Waals surface area (Å²) in [6.07, 6.45) is 8.00. The second-order valence-corrected chi connectivity index (χ2v) is 5.48. The Labute approximate surface area is 147 Å². The number of carbonyl (C=O) groups excluding carboxylic acids is 1. The molecule has 0 saturated carbocycles. The van der Waals surface area contributed by atoms with Crippen molar-refractivity contribution < 1.29 is 14.3 Å². The first-order chi connectivity index (χ1) is 11.3. The summed E-state index contributed by atoms with van der Waals surface area (Å²) in [6.45, 7) is 0. The van der Waals surface area contributed by atoms with Crippen LogP contribution in [0.4, 0.5) is 0 Å². The van der Waals surface area contributed by atoms with Gasteiger partial charge in [0.1, 0.15) is 6.10 Å². The highest BCUT2D eigenvalue weighted by Crippen LogP contribution is 2.26. The lowest BCUT2D eigenvalue weighted by Gasteiger charge is -1.93. The molecule has 0 spiro atoms. The summed E-state index contributed by atoms with van der Waals surface area (Å²) in [4.78, 5) is 12.6. The Hall–Kier alpha value is -1.67. The van der Waals surface area contributed by atoms with E-state index in [0.29, 0.717) is 19.3 Å². The van der Waals surface area contributed by atoms with Crippen LogP contribution in [0.15, 0.2) is 11.1 Å². The predicted molar refractivity (Wildman–Crippen MR) is 94.4 cm³/mol. The minimum atomic E-state index is -0.197. The van der Waals surface area contributed by atoms with E-state index in [1.165, 1.54) is 7.11 Å². The van der Waals surface area contributed by atoms with Gasteiger partial charge in [-0.3, -0.25) is 4.79 Å². The summed E-state index contributed by atoms with van der Waals surface area (Å²) >= 11 is 3.17. The minimum Gasteiger partial charge on any atom is -0.469 e. The normalized spacial score (nSPS) is 18.0. The SMILES string of the molecule is COC(=O)CCCC#CC#C[C@@H]1O[C@H]1CCCCC#C/C=C/Br. The first-order valence-corrected chi connectivity index (χ1v) is 8.63. The Morgan fingerprint density at radius 1 is 1.22 bits per heavy atom. The molecule has 4 heteroatoms. The number of esters is 1. The number of rotatable bonds is 7. The van der Waals surface area contributed by atoms with Gasteiger partial charge in [-0.15, -0.1) is 0 Å². The predicted octanol–water partition coefficient (Wildman–Crippen LogP) is 3.58. The van der Waals surface area contributed by atoms with Gasteiger partial charge in [-0.1, -0.05) is 39.6 Å². The molecule has 0 aromatic carbocycles. The second kappa shape index (κ2) is 12.8. The number of hydrogen-bond donors (Lipinski definition) is 0. The number of epoxide rings is 1. The van der Waals surface area contributed by atoms with Gasteiger partial charge < -0.3 is 9.47 Å². The number of allylic oxidation sites excluding steroid dienone is 1. The lowest BCUT2D eigenvalue weighted by molar-refractivity contribution is -0.140. The third-order valence-electron chi connectivity index (χ3n) is 3.15. The molecule has 1 aliphatic rings. The first kappa shape index (κ1) is 19.4. The molecule has 0 bridgehead atoms. The molecule has 0 amide bonds. The molecule has 1 saturated heterocycles. The van der Waals surface area contributed by atoms with Gasteiger partial charge in [0.2, 0.25) is 0 Å². The summed E-state index contributed by atoms with van der Waals surface area (Å²) < 4.78 is 10.0. The molecule has 3 nitrogen and oxygen atoms in total. The second-order valence-electron chi connectivity index (χ2n) is 4.96. The fraction of sp³-hybridized carbons (Fsp3) is 0.526. The molecule has 0 aromatic rings. The number of unbranched alkanes of at least 4 members (excludes halogenated alkanes) is 3. The molecule has 1 heterocycles. The van der Waals surface area contributed by atoms with Crippen LogP contribution in [0.1, 0.15) is 44.9 Å². The van der Waals surface area contributed by atoms with E-state index >= 15 is 0 Å². The number of ether oxygens (including phenoxy) is 2. The molecule has 23 heavy (non-hydrogen) atoms. The van der Waals surface area contributed by atoms with Crippen molar-refractivity contribution in [1.82, 2.24) is 0 Å². The van der Waals surface area contributed by atoms with E-state index in [4.69, 9.17) is 4.74 Å². The first-order valence-electron chi connectivity index (χ1n) is 7.72. The van der Waals surface area contributed by atoms with Gasteiger partial charge in [0.15, 0.2) is 0 Å². The number of carbonyl (C=O) groups is 1. The van der Waals surface area contributed by atoms with Gasteiger partial charge in [-0.05, 0) is 48.6 Å². The molecule has 1 rings (SSSR count). The van der Waals surface area contributed by atoms with Crippen molar-refractivity contribution in [3.05, 3.63) is 11.1 Å². The van der Waals surface area contributed by atoms with Crippen LogP contribution in [0.3, 0.4) is 0 Å². The summed E-state index contributed by atoms with van der Waals surface area (Å²) in [5, 5.41) is 0. The van der Waals surface area contributed by atoms with Crippen LogP contribution in [0.5, 0.6) is 0 Å². The van der Waals surface area contributed by atoms with Crippen molar-refractivity contribution in [2.75, 3.05) is 7.11 Å². The Bertz CT molecular complexity index is 575. The Morgan fingerprint density at radius 3 is 2.83 bits per heavy atom. The maximum absolute atomic E-state index is 10.9. The van der Waals surface area contributed by atoms with Crippen LogP contribution < -0.4 is 0 Å². The molecule has 0 unspecified atom stereocenters. The van der Waals surface area contributed by atoms with Crippen LogP contribution in [-0.4, -0.2) is 25.3 Å². The Balaban J connectivity index is 2.03. The number of hydrogen-bond acceptors (Lipinski definition) is 3. The van der Waals surface area contributed by atoms with E-state index in [1.54, 1.807) is 11.1 Å². The number of halogens is 1. The molecular weight excluding hydrogens is 356 g/mol. The van der Waals surface area contributed by atoms with Crippen molar-refractivity contribution in [2.45, 2.75) is 57.2 Å². The monoisotopic (exact) mass is 376 g/mol. The summed E-state index contributed by atoms with van der Waals surface area (Å²) in [7, 11) is 1.39. The Kier molecular flexibility index (Phi) is 10.8. The lowest BCUT2D eigenvalue weighted by Crippen LogP contribution is -1.98. The largest absolute Gasteiger partial charge is 0.469 e. The van der Waals surface area contributed by atoms with Crippen LogP contribution in [0, 0.1) is 35.5 Å². The maximum atomic E-state index is 10.9. The van der Waals surface area contributed by atoms with E-state index in [9.17, 15) is 4.79 Å². The molecule has 1 aliphatic heterocycles. The fourth-order valence-electron chi connectivity index (χ4n) is 1.85. The van der Waals surface area contributed by atoms with E-state index in [-0.39, 0.29) is 18.2 Å². The van der Waals surface area contributed by atoms with Crippen molar-refractivity contribution >= 4 is 21.9 Å². The molecule has 0 aliphatic carbocycles. The van der Waals surface area contributed by atoms with Gasteiger partial charge in [0.25, 0.3) is 0 Å². The molecule has 1 fully saturated rings. The highest BCUT2D eigenvalue weighted by atomic mass is 79.9. The topological polar surface area (TPSA) is 38.8 Å². The van der Waals surface area contributed by atoms with Gasteiger partial charge in [0, 0.05) is 19.3 Å². The zero-order valence-electron chi connectivity index (χ0n) is 13.4. The van der Waals surface area contributed by atoms with E-state index in [2.05, 4.69) is 56.2 Å². The average Bonchev–Trinajstić information content (AvgIpc) is 3.31. The van der Waals surface area contributed by atoms with Crippen molar-refractivity contribution in [3.63, 3.8) is 0 Å². The van der Waals surface area contributed by atoms with Crippen LogP contribution in [-0.2, 0) is 14.3 Å². The lowest BCUT2D eigenvalue weighted by atomic mass is 10.1. The molecule has 2 atom stereocenters. The molecule has 0 radical (unpaired) electrons. The van der Waals surface area contributed by atoms with Gasteiger partial charge in [-0.2, -0.15) is 0 Å². The quantitative estimate of drug-likeness (QED) is 0.295. The van der Waals surface area contributed by atoms with Crippen molar-refractivity contribution in [3.8, 4) is 35.5 Å². The smallest absolute Gasteiger partial charge is 0.305 e. The van der Waals surface area contributed by atoms with Gasteiger partial charge in [-0.25, -0.2) is 0 Å². The van der Waals surface area contributed by atoms with Crippen molar-refractivity contribution in [2.24, 2.45) is 0 Å². The highest BCUT2D eigenvalue weighted by Gasteiger charge is 2.36. The molecule has 0 N–H and O–H groups in total.